The fraction of sp³-hybridized carbons (Fsp3) is 0.778. The molecular formula is C27H46N6O4. The first-order valence-electron chi connectivity index (χ1n) is 13.6. The van der Waals surface area contributed by atoms with E-state index in [0.717, 1.165) is 6.42 Å². The Balaban J connectivity index is 1.84. The van der Waals surface area contributed by atoms with Crippen LogP contribution in [0.15, 0.2) is 6.20 Å². The number of carbonyl (C=O) groups is 2. The van der Waals surface area contributed by atoms with Crippen molar-refractivity contribution in [2.75, 3.05) is 71.5 Å². The normalized spacial score (nSPS) is 20.7. The number of ether oxygens (including phenoxy) is 2. The summed E-state index contributed by atoms with van der Waals surface area (Å²) in [6.45, 7) is 16.0. The maximum absolute atomic E-state index is 14.1. The molecule has 0 spiro atoms. The summed E-state index contributed by atoms with van der Waals surface area (Å²) in [5.74, 6) is 1.40. The first-order chi connectivity index (χ1) is 17.6. The summed E-state index contributed by atoms with van der Waals surface area (Å²) in [4.78, 5) is 40.5. The van der Waals surface area contributed by atoms with Crippen molar-refractivity contribution < 1.29 is 19.1 Å². The van der Waals surface area contributed by atoms with Crippen molar-refractivity contribution in [1.29, 1.82) is 0 Å². The lowest BCUT2D eigenvalue weighted by molar-refractivity contribution is -0.140. The average Bonchev–Trinajstić information content (AvgIpc) is 2.89. The third-order valence-corrected chi connectivity index (χ3v) is 6.77. The highest BCUT2D eigenvalue weighted by Gasteiger charge is 2.36. The monoisotopic (exact) mass is 518 g/mol. The molecule has 2 N–H and O–H groups in total. The average molecular weight is 519 g/mol. The zero-order valence-electron chi connectivity index (χ0n) is 23.5. The Morgan fingerprint density at radius 2 is 2.00 bits per heavy atom. The number of nitrogens with zero attached hydrogens (tertiary/aromatic N) is 4. The van der Waals surface area contributed by atoms with Gasteiger partial charge in [-0.05, 0) is 18.8 Å². The standard InChI is InChI=1S/C27H46N6O4/c1-19(2)18-33(21-14-20(15-28-16-21)24(34)32-9-12-37-13-10-32)25(35)22-17-30-26(27(3,4)5)31-23(22)29-8-7-11-36-6/h17,19-21,28H,7-16,18H2,1-6H3,(H,29,30,31)/t20?,21-/m0/s1. The van der Waals surface area contributed by atoms with Crippen LogP contribution in [0.4, 0.5) is 5.82 Å². The van der Waals surface area contributed by atoms with Crippen molar-refractivity contribution >= 4 is 17.6 Å². The summed E-state index contributed by atoms with van der Waals surface area (Å²) in [5, 5.41) is 6.78. The van der Waals surface area contributed by atoms with Crippen LogP contribution in [0.5, 0.6) is 0 Å². The van der Waals surface area contributed by atoms with Crippen molar-refractivity contribution in [1.82, 2.24) is 25.1 Å². The topological polar surface area (TPSA) is 109 Å². The molecule has 2 amide bonds. The molecule has 2 aliphatic heterocycles. The second-order valence-corrected chi connectivity index (χ2v) is 11.5. The SMILES string of the molecule is COCCCNc1nc(C(C)(C)C)ncc1C(=O)N(CC(C)C)[C@@H]1CNCC(C(=O)N2CCOCC2)C1. The molecule has 2 atom stereocenters. The van der Waals surface area contributed by atoms with Crippen LogP contribution in [0.25, 0.3) is 0 Å². The Bertz CT molecular complexity index is 897. The van der Waals surface area contributed by atoms with Gasteiger partial charge in [0.15, 0.2) is 0 Å². The molecule has 10 heteroatoms. The zero-order valence-corrected chi connectivity index (χ0v) is 23.5. The molecule has 2 saturated heterocycles. The van der Waals surface area contributed by atoms with E-state index < -0.39 is 0 Å². The molecule has 1 unspecified atom stereocenters. The minimum atomic E-state index is -0.247. The number of hydrogen-bond donors (Lipinski definition) is 2. The van der Waals surface area contributed by atoms with Gasteiger partial charge in [-0.15, -0.1) is 0 Å². The second-order valence-electron chi connectivity index (χ2n) is 11.5. The first-order valence-corrected chi connectivity index (χ1v) is 13.6. The molecular weight excluding hydrogens is 472 g/mol. The third-order valence-electron chi connectivity index (χ3n) is 6.77. The van der Waals surface area contributed by atoms with E-state index in [4.69, 9.17) is 14.5 Å². The van der Waals surface area contributed by atoms with Gasteiger partial charge in [-0.2, -0.15) is 0 Å². The summed E-state index contributed by atoms with van der Waals surface area (Å²) in [6, 6.07) is -0.0951. The predicted octanol–water partition coefficient (Wildman–Crippen LogP) is 2.16. The molecule has 3 rings (SSSR count). The molecule has 3 heterocycles. The lowest BCUT2D eigenvalue weighted by Crippen LogP contribution is -2.56. The van der Waals surface area contributed by atoms with Crippen LogP contribution in [0.1, 0.15) is 63.6 Å². The maximum Gasteiger partial charge on any atom is 0.259 e. The van der Waals surface area contributed by atoms with Crippen LogP contribution in [-0.2, 0) is 19.7 Å². The van der Waals surface area contributed by atoms with Gasteiger partial charge in [0.05, 0.1) is 19.1 Å². The van der Waals surface area contributed by atoms with Crippen LogP contribution in [-0.4, -0.2) is 104 Å². The first kappa shape index (κ1) is 29.3. The highest BCUT2D eigenvalue weighted by molar-refractivity contribution is 5.98. The number of aromatic nitrogens is 2. The van der Waals surface area contributed by atoms with E-state index in [2.05, 4.69) is 50.2 Å². The quantitative estimate of drug-likeness (QED) is 0.454. The summed E-state index contributed by atoms with van der Waals surface area (Å²) in [7, 11) is 1.68. The fourth-order valence-corrected chi connectivity index (χ4v) is 4.79. The van der Waals surface area contributed by atoms with Gasteiger partial charge in [-0.1, -0.05) is 34.6 Å². The van der Waals surface area contributed by atoms with E-state index in [9.17, 15) is 9.59 Å². The van der Waals surface area contributed by atoms with Gasteiger partial charge >= 0.3 is 0 Å². The summed E-state index contributed by atoms with van der Waals surface area (Å²) in [5.41, 5.74) is 0.218. The second kappa shape index (κ2) is 13.5. The number of carbonyl (C=O) groups excluding carboxylic acids is 2. The van der Waals surface area contributed by atoms with Crippen molar-refractivity contribution in [2.24, 2.45) is 11.8 Å². The molecule has 0 aliphatic carbocycles. The van der Waals surface area contributed by atoms with E-state index in [1.165, 1.54) is 0 Å². The van der Waals surface area contributed by atoms with Crippen LogP contribution in [0.3, 0.4) is 0 Å². The van der Waals surface area contributed by atoms with Crippen LogP contribution in [0, 0.1) is 11.8 Å². The van der Waals surface area contributed by atoms with Crippen LogP contribution in [0.2, 0.25) is 0 Å². The number of amides is 2. The number of anilines is 1. The summed E-state index contributed by atoms with van der Waals surface area (Å²) in [6.07, 6.45) is 3.10. The van der Waals surface area contributed by atoms with Gasteiger partial charge in [-0.25, -0.2) is 9.97 Å². The van der Waals surface area contributed by atoms with Crippen molar-refractivity contribution in [3.63, 3.8) is 0 Å². The Morgan fingerprint density at radius 3 is 2.65 bits per heavy atom. The third kappa shape index (κ3) is 8.09. The largest absolute Gasteiger partial charge is 0.385 e. The number of rotatable bonds is 10. The van der Waals surface area contributed by atoms with Gasteiger partial charge in [0.1, 0.15) is 17.2 Å². The van der Waals surface area contributed by atoms with E-state index in [1.54, 1.807) is 13.3 Å². The Kier molecular flexibility index (Phi) is 10.7. The van der Waals surface area contributed by atoms with E-state index in [0.29, 0.717) is 82.7 Å². The Labute approximate surface area is 221 Å². The van der Waals surface area contributed by atoms with Gasteiger partial charge in [0.25, 0.3) is 5.91 Å². The minimum Gasteiger partial charge on any atom is -0.385 e. The van der Waals surface area contributed by atoms with Gasteiger partial charge in [-0.3, -0.25) is 9.59 Å². The Hall–Kier alpha value is -2.30. The molecule has 2 fully saturated rings. The minimum absolute atomic E-state index is 0.0951. The molecule has 1 aromatic heterocycles. The molecule has 2 aliphatic rings. The molecule has 37 heavy (non-hydrogen) atoms. The van der Waals surface area contributed by atoms with Gasteiger partial charge in [0.2, 0.25) is 5.91 Å². The summed E-state index contributed by atoms with van der Waals surface area (Å²) >= 11 is 0. The molecule has 0 aromatic carbocycles. The molecule has 1 aromatic rings. The smallest absolute Gasteiger partial charge is 0.259 e. The predicted molar refractivity (Wildman–Crippen MR) is 144 cm³/mol. The van der Waals surface area contributed by atoms with E-state index >= 15 is 0 Å². The molecule has 0 saturated carbocycles. The number of hydrogen-bond acceptors (Lipinski definition) is 8. The molecule has 0 radical (unpaired) electrons. The molecule has 10 nitrogen and oxygen atoms in total. The van der Waals surface area contributed by atoms with Gasteiger partial charge < -0.3 is 29.9 Å². The lowest BCUT2D eigenvalue weighted by Gasteiger charge is -2.40. The number of piperidine rings is 1. The fourth-order valence-electron chi connectivity index (χ4n) is 4.79. The van der Waals surface area contributed by atoms with Crippen molar-refractivity contribution in [3.05, 3.63) is 17.6 Å². The maximum atomic E-state index is 14.1. The van der Waals surface area contributed by atoms with Gasteiger partial charge in [0, 0.05) is 70.6 Å². The Morgan fingerprint density at radius 1 is 1.27 bits per heavy atom. The van der Waals surface area contributed by atoms with Crippen molar-refractivity contribution in [2.45, 2.75) is 58.9 Å². The highest BCUT2D eigenvalue weighted by Crippen LogP contribution is 2.26. The van der Waals surface area contributed by atoms with E-state index in [1.807, 2.05) is 9.80 Å². The molecule has 0 bridgehead atoms. The zero-order chi connectivity index (χ0) is 27.0. The summed E-state index contributed by atoms with van der Waals surface area (Å²) < 4.78 is 10.6. The number of methoxy groups -OCH3 is 1. The van der Waals surface area contributed by atoms with Crippen molar-refractivity contribution in [3.8, 4) is 0 Å². The van der Waals surface area contributed by atoms with E-state index in [-0.39, 0.29) is 35.1 Å². The lowest BCUT2D eigenvalue weighted by atomic mass is 9.92. The number of morpholine rings is 1. The molecule has 208 valence electrons. The van der Waals surface area contributed by atoms with Crippen LogP contribution < -0.4 is 10.6 Å². The highest BCUT2D eigenvalue weighted by atomic mass is 16.5. The number of nitrogens with one attached hydrogen (secondary N) is 2. The van der Waals surface area contributed by atoms with Crippen LogP contribution >= 0.6 is 0 Å².